The summed E-state index contributed by atoms with van der Waals surface area (Å²) in [6.07, 6.45) is -0.0155. The van der Waals surface area contributed by atoms with E-state index in [1.165, 1.54) is 0 Å². The molecule has 0 saturated heterocycles. The lowest BCUT2D eigenvalue weighted by Gasteiger charge is -2.17. The molecule has 0 radical (unpaired) electrons. The van der Waals surface area contributed by atoms with Crippen molar-refractivity contribution in [3.63, 3.8) is 0 Å². The van der Waals surface area contributed by atoms with Gasteiger partial charge in [0.05, 0.1) is 10.0 Å². The molecular weight excluding hydrogens is 321 g/mol. The van der Waals surface area contributed by atoms with Crippen molar-refractivity contribution in [1.82, 2.24) is 0 Å². The second-order valence-electron chi connectivity index (χ2n) is 4.95. The van der Waals surface area contributed by atoms with E-state index in [0.717, 1.165) is 5.56 Å². The predicted molar refractivity (Wildman–Crippen MR) is 91.0 cm³/mol. The number of ether oxygens (including phenoxy) is 1. The third-order valence-corrected chi connectivity index (χ3v) is 3.89. The molecule has 1 N–H and O–H groups in total. The summed E-state index contributed by atoms with van der Waals surface area (Å²) < 4.78 is 5.74. The van der Waals surface area contributed by atoms with Gasteiger partial charge in [0.15, 0.2) is 6.10 Å². The minimum absolute atomic E-state index is 0.221. The minimum Gasteiger partial charge on any atom is -0.481 e. The number of nitrogens with one attached hydrogen (secondary N) is 1. The zero-order chi connectivity index (χ0) is 16.1. The molecule has 0 aromatic heterocycles. The van der Waals surface area contributed by atoms with Gasteiger partial charge in [0.1, 0.15) is 5.75 Å². The number of aryl methyl sites for hydroxylation is 1. The molecule has 0 bridgehead atoms. The SMILES string of the molecule is CC[C@H](Oc1ccc(C)cc1)C(=O)Nc1ccc(Cl)c(Cl)c1. The molecular formula is C17H17Cl2NO2. The molecule has 2 aromatic carbocycles. The fourth-order valence-electron chi connectivity index (χ4n) is 1.90. The van der Waals surface area contributed by atoms with Gasteiger partial charge in [-0.25, -0.2) is 0 Å². The standard InChI is InChI=1S/C17H17Cl2NO2/c1-3-16(22-13-7-4-11(2)5-8-13)17(21)20-12-6-9-14(18)15(19)10-12/h4-10,16H,3H2,1-2H3,(H,20,21)/t16-/m0/s1. The van der Waals surface area contributed by atoms with E-state index in [1.807, 2.05) is 38.1 Å². The number of benzene rings is 2. The molecule has 0 aliphatic carbocycles. The van der Waals surface area contributed by atoms with Crippen LogP contribution >= 0.6 is 23.2 Å². The van der Waals surface area contributed by atoms with Crippen molar-refractivity contribution in [2.24, 2.45) is 0 Å². The Morgan fingerprint density at radius 1 is 1.14 bits per heavy atom. The molecule has 0 saturated carbocycles. The second kappa shape index (κ2) is 7.52. The van der Waals surface area contributed by atoms with Crippen LogP contribution in [0, 0.1) is 6.92 Å². The van der Waals surface area contributed by atoms with Gasteiger partial charge >= 0.3 is 0 Å². The van der Waals surface area contributed by atoms with E-state index in [1.54, 1.807) is 18.2 Å². The molecule has 0 fully saturated rings. The van der Waals surface area contributed by atoms with E-state index in [4.69, 9.17) is 27.9 Å². The third-order valence-electron chi connectivity index (χ3n) is 3.15. The molecule has 2 aromatic rings. The maximum Gasteiger partial charge on any atom is 0.265 e. The predicted octanol–water partition coefficient (Wildman–Crippen LogP) is 5.10. The summed E-state index contributed by atoms with van der Waals surface area (Å²) in [6, 6.07) is 12.5. The van der Waals surface area contributed by atoms with Gasteiger partial charge in [-0.15, -0.1) is 0 Å². The quantitative estimate of drug-likeness (QED) is 0.824. The van der Waals surface area contributed by atoms with Crippen LogP contribution in [-0.2, 0) is 4.79 Å². The number of carbonyl (C=O) groups is 1. The maximum atomic E-state index is 12.3. The van der Waals surface area contributed by atoms with Crippen molar-refractivity contribution in [1.29, 1.82) is 0 Å². The molecule has 0 aliphatic rings. The fraction of sp³-hybridized carbons (Fsp3) is 0.235. The van der Waals surface area contributed by atoms with Gasteiger partial charge in [0, 0.05) is 5.69 Å². The third kappa shape index (κ3) is 4.39. The van der Waals surface area contributed by atoms with Gasteiger partial charge < -0.3 is 10.1 Å². The summed E-state index contributed by atoms with van der Waals surface area (Å²) in [5.41, 5.74) is 1.73. The molecule has 22 heavy (non-hydrogen) atoms. The van der Waals surface area contributed by atoms with E-state index in [0.29, 0.717) is 27.9 Å². The highest BCUT2D eigenvalue weighted by atomic mass is 35.5. The summed E-state index contributed by atoms with van der Waals surface area (Å²) in [6.45, 7) is 3.89. The summed E-state index contributed by atoms with van der Waals surface area (Å²) in [5, 5.41) is 3.63. The van der Waals surface area contributed by atoms with Crippen LogP contribution in [0.25, 0.3) is 0 Å². The van der Waals surface area contributed by atoms with Gasteiger partial charge in [0.25, 0.3) is 5.91 Å². The Kier molecular flexibility index (Phi) is 5.69. The first-order chi connectivity index (χ1) is 10.5. The van der Waals surface area contributed by atoms with Crippen molar-refractivity contribution >= 4 is 34.8 Å². The van der Waals surface area contributed by atoms with E-state index in [-0.39, 0.29) is 5.91 Å². The van der Waals surface area contributed by atoms with Crippen molar-refractivity contribution in [3.05, 3.63) is 58.1 Å². The Hall–Kier alpha value is -1.71. The van der Waals surface area contributed by atoms with Gasteiger partial charge in [-0.3, -0.25) is 4.79 Å². The van der Waals surface area contributed by atoms with Crippen LogP contribution in [-0.4, -0.2) is 12.0 Å². The molecule has 0 aliphatic heterocycles. The van der Waals surface area contributed by atoms with Crippen molar-refractivity contribution in [2.45, 2.75) is 26.4 Å². The second-order valence-corrected chi connectivity index (χ2v) is 5.76. The van der Waals surface area contributed by atoms with Crippen LogP contribution in [0.4, 0.5) is 5.69 Å². The summed E-state index contributed by atoms with van der Waals surface area (Å²) in [4.78, 5) is 12.3. The van der Waals surface area contributed by atoms with Gasteiger partial charge in [0.2, 0.25) is 0 Å². The number of carbonyl (C=O) groups excluding carboxylic acids is 1. The lowest BCUT2D eigenvalue weighted by molar-refractivity contribution is -0.122. The van der Waals surface area contributed by atoms with Crippen molar-refractivity contribution < 1.29 is 9.53 Å². The lowest BCUT2D eigenvalue weighted by Crippen LogP contribution is -2.32. The number of rotatable bonds is 5. The Labute approximate surface area is 140 Å². The van der Waals surface area contributed by atoms with Gasteiger partial charge in [-0.05, 0) is 43.7 Å². The molecule has 2 rings (SSSR count). The van der Waals surface area contributed by atoms with E-state index >= 15 is 0 Å². The molecule has 5 heteroatoms. The molecule has 1 atom stereocenters. The number of anilines is 1. The highest BCUT2D eigenvalue weighted by molar-refractivity contribution is 6.42. The van der Waals surface area contributed by atoms with Crippen LogP contribution in [0.2, 0.25) is 10.0 Å². The maximum absolute atomic E-state index is 12.3. The Morgan fingerprint density at radius 3 is 2.41 bits per heavy atom. The largest absolute Gasteiger partial charge is 0.481 e. The average molecular weight is 338 g/mol. The first-order valence-electron chi connectivity index (χ1n) is 6.99. The smallest absolute Gasteiger partial charge is 0.265 e. The number of hydrogen-bond donors (Lipinski definition) is 1. The highest BCUT2D eigenvalue weighted by Gasteiger charge is 2.18. The fourth-order valence-corrected chi connectivity index (χ4v) is 2.20. The van der Waals surface area contributed by atoms with Gasteiger partial charge in [-0.2, -0.15) is 0 Å². The monoisotopic (exact) mass is 337 g/mol. The first kappa shape index (κ1) is 16.7. The highest BCUT2D eigenvalue weighted by Crippen LogP contribution is 2.25. The van der Waals surface area contributed by atoms with Crippen LogP contribution in [0.3, 0.4) is 0 Å². The minimum atomic E-state index is -0.572. The molecule has 116 valence electrons. The van der Waals surface area contributed by atoms with E-state index in [2.05, 4.69) is 5.32 Å². The topological polar surface area (TPSA) is 38.3 Å². The normalized spacial score (nSPS) is 11.8. The number of hydrogen-bond acceptors (Lipinski definition) is 2. The Morgan fingerprint density at radius 2 is 1.82 bits per heavy atom. The summed E-state index contributed by atoms with van der Waals surface area (Å²) in [5.74, 6) is 0.447. The van der Waals surface area contributed by atoms with Crippen LogP contribution in [0.5, 0.6) is 5.75 Å². The Bertz CT molecular complexity index is 656. The molecule has 0 spiro atoms. The summed E-state index contributed by atoms with van der Waals surface area (Å²) in [7, 11) is 0. The molecule has 0 unspecified atom stereocenters. The molecule has 3 nitrogen and oxygen atoms in total. The van der Waals surface area contributed by atoms with Crippen LogP contribution in [0.1, 0.15) is 18.9 Å². The molecule has 1 amide bonds. The number of halogens is 2. The Balaban J connectivity index is 2.04. The van der Waals surface area contributed by atoms with Gasteiger partial charge in [-0.1, -0.05) is 47.8 Å². The van der Waals surface area contributed by atoms with Crippen molar-refractivity contribution in [3.8, 4) is 5.75 Å². The average Bonchev–Trinajstić information content (AvgIpc) is 2.50. The first-order valence-corrected chi connectivity index (χ1v) is 7.74. The lowest BCUT2D eigenvalue weighted by atomic mass is 10.2. The summed E-state index contributed by atoms with van der Waals surface area (Å²) >= 11 is 11.8. The van der Waals surface area contributed by atoms with E-state index < -0.39 is 6.10 Å². The zero-order valence-electron chi connectivity index (χ0n) is 12.4. The zero-order valence-corrected chi connectivity index (χ0v) is 13.9. The van der Waals surface area contributed by atoms with Crippen molar-refractivity contribution in [2.75, 3.05) is 5.32 Å². The van der Waals surface area contributed by atoms with Crippen LogP contribution in [0.15, 0.2) is 42.5 Å². The van der Waals surface area contributed by atoms with E-state index in [9.17, 15) is 4.79 Å². The molecule has 0 heterocycles. The number of amides is 1. The van der Waals surface area contributed by atoms with Crippen LogP contribution < -0.4 is 10.1 Å².